The van der Waals surface area contributed by atoms with E-state index in [0.29, 0.717) is 53.5 Å². The topological polar surface area (TPSA) is 96.2 Å². The van der Waals surface area contributed by atoms with Crippen LogP contribution in [0.3, 0.4) is 0 Å². The summed E-state index contributed by atoms with van der Waals surface area (Å²) in [5.74, 6) is -0.716. The highest BCUT2D eigenvalue weighted by Crippen LogP contribution is 2.49. The van der Waals surface area contributed by atoms with Crippen LogP contribution in [-0.2, 0) is 15.2 Å². The van der Waals surface area contributed by atoms with Crippen LogP contribution in [0.1, 0.15) is 51.5 Å². The minimum absolute atomic E-state index is 0.0129. The molecule has 0 bridgehead atoms. The third-order valence-electron chi connectivity index (χ3n) is 9.24. The average Bonchev–Trinajstić information content (AvgIpc) is 3.04. The van der Waals surface area contributed by atoms with Crippen molar-refractivity contribution in [2.45, 2.75) is 48.2 Å². The summed E-state index contributed by atoms with van der Waals surface area (Å²) in [6.45, 7) is 4.94. The van der Waals surface area contributed by atoms with Crippen molar-refractivity contribution in [2.24, 2.45) is 11.7 Å². The number of likely N-dealkylation sites (tertiary alicyclic amines) is 1. The zero-order valence-corrected chi connectivity index (χ0v) is 30.3. The number of benzene rings is 3. The van der Waals surface area contributed by atoms with Crippen LogP contribution < -0.4 is 5.73 Å². The largest absolute Gasteiger partial charge is 0.442 e. The molecule has 0 saturated carbocycles. The number of rotatable bonds is 7. The zero-order chi connectivity index (χ0) is 34.8. The van der Waals surface area contributed by atoms with Crippen molar-refractivity contribution < 1.29 is 19.1 Å². The van der Waals surface area contributed by atoms with Crippen molar-refractivity contribution in [1.29, 1.82) is 0 Å². The molecular formula is C35H37Cl5N4O4. The third-order valence-corrected chi connectivity index (χ3v) is 10.4. The van der Waals surface area contributed by atoms with Gasteiger partial charge in [-0.1, -0.05) is 112 Å². The number of nitrogens with zero attached hydrogens (tertiary/aromatic N) is 3. The number of carbonyl (C=O) groups is 3. The SMILES string of the molecule is Cc1cc(C)cc(C(=O)N2CCN(C3CCN(C(=O)OCC=O)C(N)(c4ccccc4)C3CC(Cl)(Cl)Cl)C(c3ccc(Cl)c(Cl)c3)C2)c1. The summed E-state index contributed by atoms with van der Waals surface area (Å²) in [5.41, 5.74) is 9.99. The molecule has 2 aliphatic rings. The van der Waals surface area contributed by atoms with Gasteiger partial charge < -0.3 is 15.4 Å². The number of aryl methyl sites for hydroxylation is 2. The summed E-state index contributed by atoms with van der Waals surface area (Å²) < 4.78 is 3.54. The number of carbonyl (C=O) groups excluding carboxylic acids is 3. The number of ether oxygens (including phenoxy) is 1. The number of aldehydes is 1. The number of nitrogens with two attached hydrogens (primary N) is 1. The second-order valence-corrected chi connectivity index (χ2v) is 15.8. The lowest BCUT2D eigenvalue weighted by molar-refractivity contribution is -0.112. The maximum absolute atomic E-state index is 13.9. The molecule has 13 heteroatoms. The van der Waals surface area contributed by atoms with Gasteiger partial charge in [-0.2, -0.15) is 0 Å². The van der Waals surface area contributed by atoms with Gasteiger partial charge in [0.1, 0.15) is 12.3 Å². The van der Waals surface area contributed by atoms with Crippen molar-refractivity contribution in [3.63, 3.8) is 0 Å². The van der Waals surface area contributed by atoms with Gasteiger partial charge in [0.05, 0.1) is 16.1 Å². The van der Waals surface area contributed by atoms with Gasteiger partial charge in [-0.25, -0.2) is 4.79 Å². The molecule has 5 rings (SSSR count). The van der Waals surface area contributed by atoms with Gasteiger partial charge in [-0.05, 0) is 55.7 Å². The van der Waals surface area contributed by atoms with Crippen LogP contribution in [0.2, 0.25) is 10.0 Å². The summed E-state index contributed by atoms with van der Waals surface area (Å²) in [5, 5.41) is 0.794. The Balaban J connectivity index is 1.60. The molecule has 4 atom stereocenters. The fourth-order valence-electron chi connectivity index (χ4n) is 7.26. The first-order valence-electron chi connectivity index (χ1n) is 15.6. The van der Waals surface area contributed by atoms with Gasteiger partial charge in [-0.3, -0.25) is 19.4 Å². The van der Waals surface area contributed by atoms with Crippen LogP contribution in [0.25, 0.3) is 0 Å². The van der Waals surface area contributed by atoms with Gasteiger partial charge >= 0.3 is 6.09 Å². The number of hydrogen-bond acceptors (Lipinski definition) is 6. The van der Waals surface area contributed by atoms with Crippen LogP contribution in [-0.4, -0.2) is 75.6 Å². The van der Waals surface area contributed by atoms with Gasteiger partial charge in [0, 0.05) is 50.1 Å². The Labute approximate surface area is 305 Å². The lowest BCUT2D eigenvalue weighted by atomic mass is 9.73. The molecule has 256 valence electrons. The molecule has 0 aromatic heterocycles. The number of alkyl halides is 3. The fraction of sp³-hybridized carbons (Fsp3) is 0.400. The van der Waals surface area contributed by atoms with E-state index in [9.17, 15) is 14.4 Å². The summed E-state index contributed by atoms with van der Waals surface area (Å²) in [7, 11) is 0. The van der Waals surface area contributed by atoms with Crippen molar-refractivity contribution in [1.82, 2.24) is 14.7 Å². The average molecular weight is 755 g/mol. The monoisotopic (exact) mass is 752 g/mol. The normalized spacial score (nSPS) is 23.5. The van der Waals surface area contributed by atoms with Gasteiger partial charge in [-0.15, -0.1) is 0 Å². The highest BCUT2D eigenvalue weighted by atomic mass is 35.6. The highest BCUT2D eigenvalue weighted by molar-refractivity contribution is 6.67. The molecule has 48 heavy (non-hydrogen) atoms. The molecular weight excluding hydrogens is 718 g/mol. The summed E-state index contributed by atoms with van der Waals surface area (Å²) in [6.07, 6.45) is 0.188. The standard InChI is InChI=1S/C35H37Cl5N4O4/c1-22-16-23(2)18-25(17-22)32(46)42-12-13-43(31(21-42)24-8-9-28(36)29(37)19-24)30-10-11-44(33(47)48-15-14-45)35(41,26-6-4-3-5-7-26)27(30)20-34(38,39)40/h3-9,14,16-19,27,30-31H,10-13,15,20-21,41H2,1-2H3. The molecule has 4 unspecified atom stereocenters. The molecule has 2 heterocycles. The lowest BCUT2D eigenvalue weighted by Gasteiger charge is -2.57. The van der Waals surface area contributed by atoms with Crippen molar-refractivity contribution >= 4 is 76.3 Å². The Bertz CT molecular complexity index is 1640. The quantitative estimate of drug-likeness (QED) is 0.196. The number of halogens is 5. The molecule has 2 N–H and O–H groups in total. The molecule has 2 amide bonds. The molecule has 2 fully saturated rings. The van der Waals surface area contributed by atoms with E-state index in [0.717, 1.165) is 16.7 Å². The molecule has 2 saturated heterocycles. The molecule has 3 aromatic carbocycles. The lowest BCUT2D eigenvalue weighted by Crippen LogP contribution is -2.70. The van der Waals surface area contributed by atoms with Gasteiger partial charge in [0.15, 0.2) is 10.1 Å². The van der Waals surface area contributed by atoms with Crippen LogP contribution >= 0.6 is 58.0 Å². The maximum Gasteiger partial charge on any atom is 0.411 e. The van der Waals surface area contributed by atoms with E-state index in [1.54, 1.807) is 6.07 Å². The van der Waals surface area contributed by atoms with Crippen LogP contribution in [0.5, 0.6) is 0 Å². The van der Waals surface area contributed by atoms with Crippen molar-refractivity contribution in [3.8, 4) is 0 Å². The first-order chi connectivity index (χ1) is 22.7. The van der Waals surface area contributed by atoms with Crippen LogP contribution in [0.4, 0.5) is 4.79 Å². The minimum atomic E-state index is -1.74. The Hall–Kier alpha value is -2.56. The molecule has 3 aromatic rings. The second-order valence-electron chi connectivity index (χ2n) is 12.4. The van der Waals surface area contributed by atoms with E-state index in [1.807, 2.05) is 79.4 Å². The molecule has 2 aliphatic heterocycles. The third kappa shape index (κ3) is 7.91. The zero-order valence-electron chi connectivity index (χ0n) is 26.6. The van der Waals surface area contributed by atoms with Crippen molar-refractivity contribution in [3.05, 3.63) is 105 Å². The summed E-state index contributed by atoms with van der Waals surface area (Å²) in [6, 6.07) is 19.7. The van der Waals surface area contributed by atoms with E-state index >= 15 is 0 Å². The summed E-state index contributed by atoms with van der Waals surface area (Å²) >= 11 is 32.5. The Morgan fingerprint density at radius 1 is 0.958 bits per heavy atom. The van der Waals surface area contributed by atoms with Gasteiger partial charge in [0.2, 0.25) is 0 Å². The first-order valence-corrected chi connectivity index (χ1v) is 17.5. The van der Waals surface area contributed by atoms with E-state index in [4.69, 9.17) is 68.5 Å². The minimum Gasteiger partial charge on any atom is -0.442 e. The van der Waals surface area contributed by atoms with E-state index < -0.39 is 28.1 Å². The Morgan fingerprint density at radius 2 is 1.65 bits per heavy atom. The number of amides is 2. The predicted octanol–water partition coefficient (Wildman–Crippen LogP) is 7.71. The molecule has 0 radical (unpaired) electrons. The van der Waals surface area contributed by atoms with Gasteiger partial charge in [0.25, 0.3) is 5.91 Å². The molecule has 0 spiro atoms. The van der Waals surface area contributed by atoms with Crippen LogP contribution in [0, 0.1) is 19.8 Å². The molecule has 8 nitrogen and oxygen atoms in total. The van der Waals surface area contributed by atoms with Crippen LogP contribution in [0.15, 0.2) is 66.7 Å². The Morgan fingerprint density at radius 3 is 2.27 bits per heavy atom. The smallest absolute Gasteiger partial charge is 0.411 e. The van der Waals surface area contributed by atoms with E-state index in [1.165, 1.54) is 4.90 Å². The molecule has 0 aliphatic carbocycles. The summed E-state index contributed by atoms with van der Waals surface area (Å²) in [4.78, 5) is 44.1. The van der Waals surface area contributed by atoms with Crippen molar-refractivity contribution in [2.75, 3.05) is 32.8 Å². The number of piperidine rings is 1. The van der Waals surface area contributed by atoms with E-state index in [2.05, 4.69) is 4.90 Å². The predicted molar refractivity (Wildman–Crippen MR) is 191 cm³/mol. The van der Waals surface area contributed by atoms with E-state index in [-0.39, 0.29) is 31.0 Å². The maximum atomic E-state index is 13.9. The second kappa shape index (κ2) is 15.1. The first kappa shape index (κ1) is 36.7. The Kier molecular flexibility index (Phi) is 11.6. The highest BCUT2D eigenvalue weighted by Gasteiger charge is 2.56. The fourth-order valence-corrected chi connectivity index (χ4v) is 8.06. The number of piperazine rings is 1. The number of hydrogen-bond donors (Lipinski definition) is 1.